The summed E-state index contributed by atoms with van der Waals surface area (Å²) in [6.45, 7) is 2.35. The number of aromatic amines is 2. The molecule has 0 radical (unpaired) electrons. The van der Waals surface area contributed by atoms with Gasteiger partial charge in [0.25, 0.3) is 5.56 Å². The molecule has 2 aromatic heterocycles. The molecule has 0 amide bonds. The first-order chi connectivity index (χ1) is 13.7. The van der Waals surface area contributed by atoms with Crippen molar-refractivity contribution in [3.8, 4) is 11.4 Å². The summed E-state index contributed by atoms with van der Waals surface area (Å²) < 4.78 is 0. The quantitative estimate of drug-likeness (QED) is 0.483. The maximum absolute atomic E-state index is 12.6. The molecule has 0 aliphatic carbocycles. The number of aromatic nitrogens is 3. The third kappa shape index (κ3) is 2.97. The molecule has 6 heteroatoms. The van der Waals surface area contributed by atoms with Crippen LogP contribution in [0.5, 0.6) is 0 Å². The number of anilines is 1. The Morgan fingerprint density at radius 3 is 2.82 bits per heavy atom. The van der Waals surface area contributed by atoms with E-state index in [1.807, 2.05) is 30.5 Å². The summed E-state index contributed by atoms with van der Waals surface area (Å²) in [5.74, 6) is 0.596. The van der Waals surface area contributed by atoms with Gasteiger partial charge in [-0.25, -0.2) is 4.98 Å². The fraction of sp³-hybridized carbons (Fsp3) is 0.182. The Labute approximate surface area is 162 Å². The molecule has 4 N–H and O–H groups in total. The fourth-order valence-electron chi connectivity index (χ4n) is 3.94. The molecule has 0 fully saturated rings. The number of H-pyrrole nitrogens is 2. The average Bonchev–Trinajstić information content (AvgIpc) is 3.18. The summed E-state index contributed by atoms with van der Waals surface area (Å²) in [4.78, 5) is 25.9. The fourth-order valence-corrected chi connectivity index (χ4v) is 3.94. The molecule has 5 rings (SSSR count). The van der Waals surface area contributed by atoms with Crippen molar-refractivity contribution in [3.05, 3.63) is 81.9 Å². The predicted molar refractivity (Wildman–Crippen MR) is 111 cm³/mol. The molecule has 28 heavy (non-hydrogen) atoms. The zero-order valence-electron chi connectivity index (χ0n) is 15.4. The number of rotatable bonds is 3. The van der Waals surface area contributed by atoms with E-state index in [-0.39, 0.29) is 5.56 Å². The van der Waals surface area contributed by atoms with Crippen LogP contribution in [-0.2, 0) is 19.5 Å². The van der Waals surface area contributed by atoms with E-state index in [1.165, 1.54) is 10.9 Å². The standard InChI is InChI=1S/C22H21N5O/c23-16-6-4-14(5-7-16)21-25-20-13-27(11-9-18(20)22(28)26-21)12-15-2-1-3-19-17(15)8-10-24-19/h1-8,10,24H,9,11-13,23H2,(H,25,26,28). The summed E-state index contributed by atoms with van der Waals surface area (Å²) in [5, 5.41) is 1.25. The number of hydrogen-bond acceptors (Lipinski definition) is 4. The molecule has 0 spiro atoms. The van der Waals surface area contributed by atoms with Gasteiger partial charge in [0.2, 0.25) is 0 Å². The van der Waals surface area contributed by atoms with E-state index in [9.17, 15) is 4.79 Å². The Morgan fingerprint density at radius 1 is 1.11 bits per heavy atom. The first kappa shape index (κ1) is 16.8. The second kappa shape index (κ2) is 6.65. The highest BCUT2D eigenvalue weighted by Gasteiger charge is 2.22. The predicted octanol–water partition coefficient (Wildman–Crippen LogP) is 3.06. The van der Waals surface area contributed by atoms with Crippen LogP contribution >= 0.6 is 0 Å². The molecule has 1 aliphatic heterocycles. The van der Waals surface area contributed by atoms with Gasteiger partial charge in [0.05, 0.1) is 5.69 Å². The van der Waals surface area contributed by atoms with Crippen molar-refractivity contribution in [1.29, 1.82) is 0 Å². The molecule has 0 saturated heterocycles. The van der Waals surface area contributed by atoms with Crippen LogP contribution in [0.3, 0.4) is 0 Å². The van der Waals surface area contributed by atoms with Crippen molar-refractivity contribution in [3.63, 3.8) is 0 Å². The number of fused-ring (bicyclic) bond motifs is 2. The molecular formula is C22H21N5O. The second-order valence-corrected chi connectivity index (χ2v) is 7.28. The van der Waals surface area contributed by atoms with Crippen molar-refractivity contribution in [2.24, 2.45) is 0 Å². The van der Waals surface area contributed by atoms with Crippen LogP contribution in [0.25, 0.3) is 22.3 Å². The lowest BCUT2D eigenvalue weighted by Crippen LogP contribution is -2.35. The highest BCUT2D eigenvalue weighted by molar-refractivity contribution is 5.82. The van der Waals surface area contributed by atoms with E-state index >= 15 is 0 Å². The van der Waals surface area contributed by atoms with Crippen molar-refractivity contribution in [2.75, 3.05) is 12.3 Å². The highest BCUT2D eigenvalue weighted by Crippen LogP contribution is 2.23. The third-order valence-corrected chi connectivity index (χ3v) is 5.42. The highest BCUT2D eigenvalue weighted by atomic mass is 16.1. The van der Waals surface area contributed by atoms with Crippen molar-refractivity contribution in [1.82, 2.24) is 19.9 Å². The molecule has 6 nitrogen and oxygen atoms in total. The van der Waals surface area contributed by atoms with E-state index in [0.29, 0.717) is 24.5 Å². The molecule has 0 bridgehead atoms. The van der Waals surface area contributed by atoms with Crippen molar-refractivity contribution in [2.45, 2.75) is 19.5 Å². The minimum absolute atomic E-state index is 0.0378. The van der Waals surface area contributed by atoms with Crippen LogP contribution in [-0.4, -0.2) is 26.4 Å². The van der Waals surface area contributed by atoms with Gasteiger partial charge in [-0.3, -0.25) is 9.69 Å². The summed E-state index contributed by atoms with van der Waals surface area (Å²) in [5.41, 5.74) is 11.4. The Bertz CT molecular complexity index is 1210. The number of nitrogen functional groups attached to an aromatic ring is 1. The normalized spacial score (nSPS) is 14.3. The Balaban J connectivity index is 1.45. The largest absolute Gasteiger partial charge is 0.399 e. The van der Waals surface area contributed by atoms with Gasteiger partial charge in [-0.2, -0.15) is 0 Å². The number of nitrogens with two attached hydrogens (primary N) is 1. The number of nitrogens with one attached hydrogen (secondary N) is 2. The van der Waals surface area contributed by atoms with Crippen LogP contribution < -0.4 is 11.3 Å². The van der Waals surface area contributed by atoms with Crippen LogP contribution in [0.4, 0.5) is 5.69 Å². The molecule has 140 valence electrons. The number of hydrogen-bond donors (Lipinski definition) is 3. The van der Waals surface area contributed by atoms with Gasteiger partial charge >= 0.3 is 0 Å². The van der Waals surface area contributed by atoms with Crippen molar-refractivity contribution < 1.29 is 0 Å². The molecule has 1 aliphatic rings. The Hall–Kier alpha value is -3.38. The molecule has 4 aromatic rings. The minimum atomic E-state index is -0.0378. The van der Waals surface area contributed by atoms with E-state index in [0.717, 1.165) is 35.4 Å². The van der Waals surface area contributed by atoms with Gasteiger partial charge < -0.3 is 15.7 Å². The molecular weight excluding hydrogens is 350 g/mol. The van der Waals surface area contributed by atoms with E-state index < -0.39 is 0 Å². The zero-order valence-corrected chi connectivity index (χ0v) is 15.4. The van der Waals surface area contributed by atoms with Gasteiger partial charge in [-0.15, -0.1) is 0 Å². The Morgan fingerprint density at radius 2 is 1.96 bits per heavy atom. The summed E-state index contributed by atoms with van der Waals surface area (Å²) >= 11 is 0. The zero-order chi connectivity index (χ0) is 19.1. The lowest BCUT2D eigenvalue weighted by atomic mass is 10.0. The smallest absolute Gasteiger partial charge is 0.254 e. The van der Waals surface area contributed by atoms with Gasteiger partial charge in [0, 0.05) is 53.5 Å². The molecule has 2 aromatic carbocycles. The summed E-state index contributed by atoms with van der Waals surface area (Å²) in [7, 11) is 0. The molecule has 3 heterocycles. The van der Waals surface area contributed by atoms with Gasteiger partial charge in [-0.05, 0) is 48.4 Å². The van der Waals surface area contributed by atoms with Gasteiger partial charge in [0.1, 0.15) is 5.82 Å². The van der Waals surface area contributed by atoms with Crippen LogP contribution in [0.2, 0.25) is 0 Å². The first-order valence-corrected chi connectivity index (χ1v) is 9.43. The van der Waals surface area contributed by atoms with Crippen LogP contribution in [0.15, 0.2) is 59.5 Å². The lowest BCUT2D eigenvalue weighted by molar-refractivity contribution is 0.241. The van der Waals surface area contributed by atoms with E-state index in [1.54, 1.807) is 0 Å². The Kier molecular flexibility index (Phi) is 3.98. The van der Waals surface area contributed by atoms with E-state index in [4.69, 9.17) is 10.7 Å². The number of benzene rings is 2. The third-order valence-electron chi connectivity index (χ3n) is 5.42. The average molecular weight is 371 g/mol. The summed E-state index contributed by atoms with van der Waals surface area (Å²) in [6.07, 6.45) is 2.68. The van der Waals surface area contributed by atoms with Crippen LogP contribution in [0.1, 0.15) is 16.8 Å². The number of nitrogens with zero attached hydrogens (tertiary/aromatic N) is 2. The lowest BCUT2D eigenvalue weighted by Gasteiger charge is -2.28. The first-order valence-electron chi connectivity index (χ1n) is 9.43. The second-order valence-electron chi connectivity index (χ2n) is 7.28. The monoisotopic (exact) mass is 371 g/mol. The molecule has 0 atom stereocenters. The maximum atomic E-state index is 12.6. The van der Waals surface area contributed by atoms with Crippen molar-refractivity contribution >= 4 is 16.6 Å². The van der Waals surface area contributed by atoms with E-state index in [2.05, 4.69) is 39.1 Å². The summed E-state index contributed by atoms with van der Waals surface area (Å²) in [6, 6.07) is 15.8. The minimum Gasteiger partial charge on any atom is -0.399 e. The van der Waals surface area contributed by atoms with Crippen LogP contribution in [0, 0.1) is 0 Å². The molecule has 0 unspecified atom stereocenters. The SMILES string of the molecule is Nc1ccc(-c2nc3c(c(=O)[nH]2)CCN(Cc2cccc4[nH]ccc24)C3)cc1. The maximum Gasteiger partial charge on any atom is 0.254 e. The topological polar surface area (TPSA) is 90.8 Å². The van der Waals surface area contributed by atoms with Gasteiger partial charge in [0.15, 0.2) is 0 Å². The molecule has 0 saturated carbocycles. The van der Waals surface area contributed by atoms with Gasteiger partial charge in [-0.1, -0.05) is 12.1 Å².